The maximum absolute atomic E-state index is 13.5. The van der Waals surface area contributed by atoms with Gasteiger partial charge in [-0.2, -0.15) is 0 Å². The highest BCUT2D eigenvalue weighted by Crippen LogP contribution is 2.29. The highest BCUT2D eigenvalue weighted by atomic mass is 19.1. The predicted molar refractivity (Wildman–Crippen MR) is 91.9 cm³/mol. The summed E-state index contributed by atoms with van der Waals surface area (Å²) in [6.07, 6.45) is 4.45. The van der Waals surface area contributed by atoms with Gasteiger partial charge in [0.1, 0.15) is 5.82 Å². The lowest BCUT2D eigenvalue weighted by Gasteiger charge is -2.27. The number of rotatable bonds is 7. The van der Waals surface area contributed by atoms with Gasteiger partial charge in [-0.3, -0.25) is 9.59 Å². The van der Waals surface area contributed by atoms with E-state index in [2.05, 4.69) is 10.6 Å². The molecule has 1 aromatic rings. The zero-order valence-electron chi connectivity index (χ0n) is 14.3. The van der Waals surface area contributed by atoms with E-state index in [-0.39, 0.29) is 29.5 Å². The van der Waals surface area contributed by atoms with E-state index in [1.54, 1.807) is 18.2 Å². The smallest absolute Gasteiger partial charge is 0.223 e. The summed E-state index contributed by atoms with van der Waals surface area (Å²) in [7, 11) is 0. The van der Waals surface area contributed by atoms with Crippen LogP contribution >= 0.6 is 0 Å². The maximum Gasteiger partial charge on any atom is 0.223 e. The summed E-state index contributed by atoms with van der Waals surface area (Å²) < 4.78 is 13.5. The van der Waals surface area contributed by atoms with Crippen molar-refractivity contribution >= 4 is 11.8 Å². The molecule has 0 aromatic heterocycles. The summed E-state index contributed by atoms with van der Waals surface area (Å²) in [4.78, 5) is 24.2. The van der Waals surface area contributed by atoms with Gasteiger partial charge in [-0.1, -0.05) is 25.1 Å². The van der Waals surface area contributed by atoms with Crippen molar-refractivity contribution in [1.29, 1.82) is 0 Å². The van der Waals surface area contributed by atoms with Crippen LogP contribution in [0.25, 0.3) is 0 Å². The van der Waals surface area contributed by atoms with Crippen LogP contribution in [0, 0.1) is 17.7 Å². The fourth-order valence-corrected chi connectivity index (χ4v) is 3.18. The topological polar surface area (TPSA) is 58.2 Å². The van der Waals surface area contributed by atoms with E-state index in [0.29, 0.717) is 18.5 Å². The second kappa shape index (κ2) is 9.40. The van der Waals surface area contributed by atoms with E-state index in [9.17, 15) is 14.0 Å². The van der Waals surface area contributed by atoms with E-state index in [0.717, 1.165) is 38.6 Å². The monoisotopic (exact) mass is 334 g/mol. The van der Waals surface area contributed by atoms with Crippen molar-refractivity contribution in [2.24, 2.45) is 11.8 Å². The van der Waals surface area contributed by atoms with Gasteiger partial charge in [0.25, 0.3) is 0 Å². The first-order valence-electron chi connectivity index (χ1n) is 8.90. The normalized spacial score (nSPS) is 20.4. The molecule has 4 nitrogen and oxygen atoms in total. The van der Waals surface area contributed by atoms with Crippen molar-refractivity contribution in [3.05, 3.63) is 35.6 Å². The van der Waals surface area contributed by atoms with Crippen molar-refractivity contribution in [3.63, 3.8) is 0 Å². The molecule has 0 bridgehead atoms. The first-order chi connectivity index (χ1) is 11.6. The lowest BCUT2D eigenvalue weighted by molar-refractivity contribution is -0.130. The molecule has 0 saturated heterocycles. The molecule has 0 aliphatic heterocycles. The minimum Gasteiger partial charge on any atom is -0.356 e. The Hall–Kier alpha value is -1.91. The molecule has 2 N–H and O–H groups in total. The number of nitrogens with one attached hydrogen (secondary N) is 2. The van der Waals surface area contributed by atoms with Gasteiger partial charge in [-0.05, 0) is 50.2 Å². The number of carbonyl (C=O) groups is 2. The SMILES string of the molecule is CCCNC(=O)C1CCC(C(=O)NCCc2ccccc2F)CC1. The zero-order chi connectivity index (χ0) is 17.4. The van der Waals surface area contributed by atoms with Crippen molar-refractivity contribution in [3.8, 4) is 0 Å². The lowest BCUT2D eigenvalue weighted by atomic mass is 9.81. The molecule has 0 atom stereocenters. The number of benzene rings is 1. The number of carbonyl (C=O) groups excluding carboxylic acids is 2. The molecule has 1 saturated carbocycles. The van der Waals surface area contributed by atoms with Crippen LogP contribution in [0.3, 0.4) is 0 Å². The van der Waals surface area contributed by atoms with E-state index >= 15 is 0 Å². The molecular formula is C19H27FN2O2. The molecule has 0 radical (unpaired) electrons. The number of hydrogen-bond acceptors (Lipinski definition) is 2. The third kappa shape index (κ3) is 5.32. The van der Waals surface area contributed by atoms with Gasteiger partial charge in [0, 0.05) is 24.9 Å². The molecule has 1 fully saturated rings. The lowest BCUT2D eigenvalue weighted by Crippen LogP contribution is -2.38. The Balaban J connectivity index is 1.69. The molecule has 2 rings (SSSR count). The summed E-state index contributed by atoms with van der Waals surface area (Å²) in [5.74, 6) is -0.0702. The summed E-state index contributed by atoms with van der Waals surface area (Å²) in [5, 5.41) is 5.83. The van der Waals surface area contributed by atoms with E-state index in [4.69, 9.17) is 0 Å². The van der Waals surface area contributed by atoms with Crippen LogP contribution < -0.4 is 10.6 Å². The Morgan fingerprint density at radius 3 is 2.08 bits per heavy atom. The molecule has 2 amide bonds. The van der Waals surface area contributed by atoms with Crippen molar-refractivity contribution in [2.45, 2.75) is 45.4 Å². The quantitative estimate of drug-likeness (QED) is 0.805. The largest absolute Gasteiger partial charge is 0.356 e. The molecule has 0 spiro atoms. The molecule has 0 heterocycles. The molecular weight excluding hydrogens is 307 g/mol. The Morgan fingerprint density at radius 2 is 1.54 bits per heavy atom. The first-order valence-corrected chi connectivity index (χ1v) is 8.90. The Kier molecular flexibility index (Phi) is 7.22. The average Bonchev–Trinajstić information content (AvgIpc) is 2.61. The maximum atomic E-state index is 13.5. The van der Waals surface area contributed by atoms with Crippen LogP contribution in [0.15, 0.2) is 24.3 Å². The van der Waals surface area contributed by atoms with Gasteiger partial charge in [0.15, 0.2) is 0 Å². The second-order valence-corrected chi connectivity index (χ2v) is 6.47. The van der Waals surface area contributed by atoms with Gasteiger partial charge in [-0.15, -0.1) is 0 Å². The van der Waals surface area contributed by atoms with Gasteiger partial charge in [-0.25, -0.2) is 4.39 Å². The van der Waals surface area contributed by atoms with Crippen LogP contribution in [0.2, 0.25) is 0 Å². The summed E-state index contributed by atoms with van der Waals surface area (Å²) in [5.41, 5.74) is 0.620. The highest BCUT2D eigenvalue weighted by Gasteiger charge is 2.29. The average molecular weight is 334 g/mol. The van der Waals surface area contributed by atoms with E-state index < -0.39 is 0 Å². The van der Waals surface area contributed by atoms with E-state index in [1.165, 1.54) is 6.07 Å². The third-order valence-electron chi connectivity index (χ3n) is 4.67. The minimum atomic E-state index is -0.231. The standard InChI is InChI=1S/C19H27FN2O2/c1-2-12-21-18(23)15-7-9-16(10-8-15)19(24)22-13-11-14-5-3-4-6-17(14)20/h3-6,15-16H,2,7-13H2,1H3,(H,21,23)(H,22,24). The fourth-order valence-electron chi connectivity index (χ4n) is 3.18. The number of hydrogen-bond donors (Lipinski definition) is 2. The number of amides is 2. The van der Waals surface area contributed by atoms with Crippen LogP contribution in [0.5, 0.6) is 0 Å². The molecule has 1 aliphatic carbocycles. The van der Waals surface area contributed by atoms with Crippen LogP contribution in [0.1, 0.15) is 44.6 Å². The predicted octanol–water partition coefficient (Wildman–Crippen LogP) is 2.82. The molecule has 132 valence electrons. The van der Waals surface area contributed by atoms with Crippen molar-refractivity contribution in [1.82, 2.24) is 10.6 Å². The van der Waals surface area contributed by atoms with Crippen molar-refractivity contribution in [2.75, 3.05) is 13.1 Å². The molecule has 0 unspecified atom stereocenters. The van der Waals surface area contributed by atoms with E-state index in [1.807, 2.05) is 6.92 Å². The van der Waals surface area contributed by atoms with Gasteiger partial charge in [0.05, 0.1) is 0 Å². The number of halogens is 1. The summed E-state index contributed by atoms with van der Waals surface area (Å²) in [6, 6.07) is 6.63. The Bertz CT molecular complexity index is 554. The zero-order valence-corrected chi connectivity index (χ0v) is 14.3. The van der Waals surface area contributed by atoms with Crippen LogP contribution in [-0.4, -0.2) is 24.9 Å². The highest BCUT2D eigenvalue weighted by molar-refractivity contribution is 5.81. The summed E-state index contributed by atoms with van der Waals surface area (Å²) >= 11 is 0. The van der Waals surface area contributed by atoms with Gasteiger partial charge >= 0.3 is 0 Å². The van der Waals surface area contributed by atoms with Crippen LogP contribution in [-0.2, 0) is 16.0 Å². The van der Waals surface area contributed by atoms with Crippen molar-refractivity contribution < 1.29 is 14.0 Å². The molecule has 1 aromatic carbocycles. The third-order valence-corrected chi connectivity index (χ3v) is 4.67. The second-order valence-electron chi connectivity index (χ2n) is 6.47. The summed E-state index contributed by atoms with van der Waals surface area (Å²) in [6.45, 7) is 3.19. The first kappa shape index (κ1) is 18.4. The van der Waals surface area contributed by atoms with Gasteiger partial charge in [0.2, 0.25) is 11.8 Å². The Labute approximate surface area is 143 Å². The minimum absolute atomic E-state index is 0.0266. The molecule has 5 heteroatoms. The molecule has 24 heavy (non-hydrogen) atoms. The van der Waals surface area contributed by atoms with Gasteiger partial charge < -0.3 is 10.6 Å². The molecule has 1 aliphatic rings. The Morgan fingerprint density at radius 1 is 1.00 bits per heavy atom. The van der Waals surface area contributed by atoms with Crippen LogP contribution in [0.4, 0.5) is 4.39 Å². The fraction of sp³-hybridized carbons (Fsp3) is 0.579.